The van der Waals surface area contributed by atoms with Crippen molar-refractivity contribution in [3.05, 3.63) is 29.8 Å². The maximum absolute atomic E-state index is 13.2. The Morgan fingerprint density at radius 3 is 2.22 bits per heavy atom. The van der Waals surface area contributed by atoms with Gasteiger partial charge in [0.05, 0.1) is 4.90 Å². The fraction of sp³-hybridized carbons (Fsp3) is 0.533. The molecule has 1 aromatic carbocycles. The highest BCUT2D eigenvalue weighted by Gasteiger charge is 2.41. The largest absolute Gasteiger partial charge is 0.431 e. The third kappa shape index (κ3) is 4.70. The van der Waals surface area contributed by atoms with Crippen molar-refractivity contribution in [3.63, 3.8) is 0 Å². The van der Waals surface area contributed by atoms with E-state index in [2.05, 4.69) is 5.10 Å². The average molecular weight is 348 g/mol. The van der Waals surface area contributed by atoms with Crippen LogP contribution >= 0.6 is 0 Å². The van der Waals surface area contributed by atoms with Crippen molar-refractivity contribution in [2.24, 2.45) is 11.0 Å². The summed E-state index contributed by atoms with van der Waals surface area (Å²) >= 11 is 0. The number of nitrogens with zero attached hydrogens (tertiary/aromatic N) is 1. The quantitative estimate of drug-likeness (QED) is 0.665. The van der Waals surface area contributed by atoms with Gasteiger partial charge in [0, 0.05) is 5.92 Å². The van der Waals surface area contributed by atoms with E-state index in [0.29, 0.717) is 25.7 Å². The maximum Gasteiger partial charge on any atom is 0.431 e. The Bertz CT molecular complexity index is 661. The molecule has 23 heavy (non-hydrogen) atoms. The number of halogens is 3. The molecule has 0 amide bonds. The number of aryl methyl sites for hydroxylation is 1. The van der Waals surface area contributed by atoms with Crippen LogP contribution in [0.2, 0.25) is 0 Å². The first-order valence-electron chi connectivity index (χ1n) is 7.43. The maximum atomic E-state index is 13.2. The molecule has 1 aliphatic rings. The molecule has 0 aromatic heterocycles. The summed E-state index contributed by atoms with van der Waals surface area (Å²) < 4.78 is 63.7. The second-order valence-electron chi connectivity index (χ2n) is 5.74. The molecule has 0 heterocycles. The van der Waals surface area contributed by atoms with Gasteiger partial charge in [0.15, 0.2) is 0 Å². The normalized spacial score (nSPS) is 18.0. The number of sulfonamides is 1. The van der Waals surface area contributed by atoms with E-state index in [1.165, 1.54) is 12.1 Å². The van der Waals surface area contributed by atoms with Gasteiger partial charge in [-0.3, -0.25) is 0 Å². The van der Waals surface area contributed by atoms with Gasteiger partial charge in [-0.1, -0.05) is 37.0 Å². The van der Waals surface area contributed by atoms with Gasteiger partial charge >= 0.3 is 6.18 Å². The summed E-state index contributed by atoms with van der Waals surface area (Å²) in [4.78, 5) is 1.63. The molecule has 0 saturated heterocycles. The van der Waals surface area contributed by atoms with Crippen LogP contribution in [-0.2, 0) is 10.0 Å². The zero-order chi connectivity index (χ0) is 17.1. The lowest BCUT2D eigenvalue weighted by atomic mass is 9.85. The zero-order valence-corrected chi connectivity index (χ0v) is 13.5. The molecule has 0 atom stereocenters. The van der Waals surface area contributed by atoms with Crippen LogP contribution in [0, 0.1) is 12.8 Å². The lowest BCUT2D eigenvalue weighted by molar-refractivity contribution is -0.0640. The number of benzene rings is 1. The molecule has 0 unspecified atom stereocenters. The predicted molar refractivity (Wildman–Crippen MR) is 81.6 cm³/mol. The number of alkyl halides is 3. The summed E-state index contributed by atoms with van der Waals surface area (Å²) in [6.07, 6.45) is -1.58. The Morgan fingerprint density at radius 2 is 1.70 bits per heavy atom. The van der Waals surface area contributed by atoms with Gasteiger partial charge in [-0.15, -0.1) is 0 Å². The van der Waals surface area contributed by atoms with Gasteiger partial charge in [0.25, 0.3) is 10.0 Å². The molecule has 1 N–H and O–H groups in total. The summed E-state index contributed by atoms with van der Waals surface area (Å²) in [5.74, 6) is -0.746. The summed E-state index contributed by atoms with van der Waals surface area (Å²) in [5, 5.41) is 3.24. The van der Waals surface area contributed by atoms with Gasteiger partial charge in [0.1, 0.15) is 5.71 Å². The summed E-state index contributed by atoms with van der Waals surface area (Å²) in [7, 11) is -4.11. The van der Waals surface area contributed by atoms with Crippen molar-refractivity contribution in [1.29, 1.82) is 0 Å². The van der Waals surface area contributed by atoms with Crippen LogP contribution in [0.4, 0.5) is 13.2 Å². The van der Waals surface area contributed by atoms with Gasteiger partial charge < -0.3 is 0 Å². The number of hydrogen-bond donors (Lipinski definition) is 1. The van der Waals surface area contributed by atoms with E-state index in [1.807, 2.05) is 0 Å². The van der Waals surface area contributed by atoms with E-state index in [1.54, 1.807) is 23.9 Å². The standard InChI is InChI=1S/C15H19F3N2O2S/c1-11-7-9-13(10-8-11)23(21,22)20-19-14(15(16,17)18)12-5-3-2-4-6-12/h7-10,12,20H,2-6H2,1H3/b19-14+. The number of hydrazone groups is 1. The number of rotatable bonds is 4. The van der Waals surface area contributed by atoms with E-state index in [-0.39, 0.29) is 4.90 Å². The molecule has 0 spiro atoms. The van der Waals surface area contributed by atoms with E-state index in [4.69, 9.17) is 0 Å². The molecule has 0 radical (unpaired) electrons. The third-order valence-electron chi connectivity index (χ3n) is 3.90. The first-order valence-corrected chi connectivity index (χ1v) is 8.92. The van der Waals surface area contributed by atoms with E-state index in [0.717, 1.165) is 12.0 Å². The Labute approximate surface area is 133 Å². The average Bonchev–Trinajstić information content (AvgIpc) is 2.47. The van der Waals surface area contributed by atoms with Crippen LogP contribution in [-0.4, -0.2) is 20.3 Å². The number of nitrogens with one attached hydrogen (secondary N) is 1. The fourth-order valence-electron chi connectivity index (χ4n) is 2.64. The van der Waals surface area contributed by atoms with E-state index >= 15 is 0 Å². The Morgan fingerprint density at radius 1 is 1.13 bits per heavy atom. The molecular formula is C15H19F3N2O2S. The predicted octanol–water partition coefficient (Wildman–Crippen LogP) is 3.77. The Hall–Kier alpha value is -1.57. The van der Waals surface area contributed by atoms with Crippen LogP contribution < -0.4 is 4.83 Å². The molecule has 128 valence electrons. The molecule has 1 saturated carbocycles. The molecule has 4 nitrogen and oxygen atoms in total. The highest BCUT2D eigenvalue weighted by molar-refractivity contribution is 7.89. The topological polar surface area (TPSA) is 58.5 Å². The van der Waals surface area contributed by atoms with Crippen molar-refractivity contribution in [1.82, 2.24) is 4.83 Å². The van der Waals surface area contributed by atoms with Crippen LogP contribution in [0.5, 0.6) is 0 Å². The van der Waals surface area contributed by atoms with Crippen LogP contribution in [0.3, 0.4) is 0 Å². The minimum Gasteiger partial charge on any atom is -0.200 e. The fourth-order valence-corrected chi connectivity index (χ4v) is 3.46. The van der Waals surface area contributed by atoms with E-state index < -0.39 is 27.8 Å². The molecule has 0 aliphatic heterocycles. The second-order valence-corrected chi connectivity index (χ2v) is 7.40. The summed E-state index contributed by atoms with van der Waals surface area (Å²) in [6, 6.07) is 5.82. The third-order valence-corrected chi connectivity index (χ3v) is 5.12. The summed E-state index contributed by atoms with van der Waals surface area (Å²) in [5.41, 5.74) is -0.182. The molecule has 1 aliphatic carbocycles. The van der Waals surface area contributed by atoms with Crippen LogP contribution in [0.1, 0.15) is 37.7 Å². The van der Waals surface area contributed by atoms with Gasteiger partial charge in [0.2, 0.25) is 0 Å². The highest BCUT2D eigenvalue weighted by atomic mass is 32.2. The molecule has 2 rings (SSSR count). The first-order chi connectivity index (χ1) is 10.7. The lowest BCUT2D eigenvalue weighted by Gasteiger charge is -2.24. The second kappa shape index (κ2) is 6.90. The Balaban J connectivity index is 2.23. The minimum atomic E-state index is -4.64. The van der Waals surface area contributed by atoms with Gasteiger partial charge in [-0.25, -0.2) is 0 Å². The smallest absolute Gasteiger partial charge is 0.200 e. The van der Waals surface area contributed by atoms with Crippen molar-refractivity contribution >= 4 is 15.7 Å². The summed E-state index contributed by atoms with van der Waals surface area (Å²) in [6.45, 7) is 1.78. The Kier molecular flexibility index (Phi) is 5.33. The van der Waals surface area contributed by atoms with Crippen molar-refractivity contribution in [2.75, 3.05) is 0 Å². The molecule has 1 fully saturated rings. The minimum absolute atomic E-state index is 0.114. The van der Waals surface area contributed by atoms with E-state index in [9.17, 15) is 21.6 Å². The van der Waals surface area contributed by atoms with Crippen molar-refractivity contribution in [3.8, 4) is 0 Å². The van der Waals surface area contributed by atoms with Crippen molar-refractivity contribution < 1.29 is 21.6 Å². The number of hydrogen-bond acceptors (Lipinski definition) is 3. The lowest BCUT2D eigenvalue weighted by Crippen LogP contribution is -2.35. The van der Waals surface area contributed by atoms with Crippen LogP contribution in [0.25, 0.3) is 0 Å². The van der Waals surface area contributed by atoms with Crippen LogP contribution in [0.15, 0.2) is 34.3 Å². The zero-order valence-electron chi connectivity index (χ0n) is 12.7. The van der Waals surface area contributed by atoms with Crippen molar-refractivity contribution in [2.45, 2.75) is 50.1 Å². The van der Waals surface area contributed by atoms with Gasteiger partial charge in [-0.05, 0) is 31.9 Å². The monoisotopic (exact) mass is 348 g/mol. The molecule has 0 bridgehead atoms. The molecule has 8 heteroatoms. The SMILES string of the molecule is Cc1ccc(S(=O)(=O)N/N=C(\C2CCCCC2)C(F)(F)F)cc1. The van der Waals surface area contributed by atoms with Gasteiger partial charge in [-0.2, -0.15) is 31.5 Å². The molecule has 1 aromatic rings. The first kappa shape index (κ1) is 17.8. The highest BCUT2D eigenvalue weighted by Crippen LogP contribution is 2.32. The molecular weight excluding hydrogens is 329 g/mol.